The van der Waals surface area contributed by atoms with Crippen LogP contribution in [0.15, 0.2) is 29.2 Å². The molecule has 0 spiro atoms. The average molecular weight is 190 g/mol. The van der Waals surface area contributed by atoms with Gasteiger partial charge in [0.15, 0.2) is 0 Å². The van der Waals surface area contributed by atoms with Crippen molar-refractivity contribution in [2.24, 2.45) is 0 Å². The van der Waals surface area contributed by atoms with E-state index in [1.54, 1.807) is 12.1 Å². The van der Waals surface area contributed by atoms with Crippen molar-refractivity contribution in [1.29, 1.82) is 0 Å². The highest BCUT2D eigenvalue weighted by molar-refractivity contribution is 8.19. The Hall–Kier alpha value is -0.750. The van der Waals surface area contributed by atoms with E-state index in [1.807, 2.05) is 0 Å². The van der Waals surface area contributed by atoms with Crippen molar-refractivity contribution < 1.29 is 18.4 Å². The largest absolute Gasteiger partial charge is 0.497 e. The summed E-state index contributed by atoms with van der Waals surface area (Å²) < 4.78 is 31.3. The third-order valence-corrected chi connectivity index (χ3v) is 2.28. The van der Waals surface area contributed by atoms with E-state index < -0.39 is 10.9 Å². The molecule has 0 saturated carbocycles. The predicted molar refractivity (Wildman–Crippen MR) is 46.7 cm³/mol. The number of hydrogen-bond donors (Lipinski definition) is 3. The van der Waals surface area contributed by atoms with Crippen LogP contribution in [0.3, 0.4) is 0 Å². The quantitative estimate of drug-likeness (QED) is 0.669. The zero-order valence-electron chi connectivity index (χ0n) is 6.47. The molecule has 0 fully saturated rings. The summed E-state index contributed by atoms with van der Waals surface area (Å²) in [4.78, 5) is 0.0864. The number of hydrogen-bond acceptors (Lipinski definition) is 4. The van der Waals surface area contributed by atoms with Gasteiger partial charge < -0.3 is 18.4 Å². The highest BCUT2D eigenvalue weighted by atomic mass is 32.3. The molecule has 0 amide bonds. The van der Waals surface area contributed by atoms with Crippen LogP contribution in [0.2, 0.25) is 0 Å². The molecule has 0 aliphatic carbocycles. The second-order valence-electron chi connectivity index (χ2n) is 2.19. The van der Waals surface area contributed by atoms with Crippen molar-refractivity contribution in [3.05, 3.63) is 24.3 Å². The highest BCUT2D eigenvalue weighted by Crippen LogP contribution is 2.43. The lowest BCUT2D eigenvalue weighted by Crippen LogP contribution is -1.95. The van der Waals surface area contributed by atoms with Gasteiger partial charge in [0.1, 0.15) is 16.6 Å². The minimum atomic E-state index is -3.58. The van der Waals surface area contributed by atoms with Crippen molar-refractivity contribution in [3.63, 3.8) is 0 Å². The summed E-state index contributed by atoms with van der Waals surface area (Å²) in [5.74, 6) is 0.599. The van der Waals surface area contributed by atoms with Crippen LogP contribution in [0.5, 0.6) is 5.75 Å². The van der Waals surface area contributed by atoms with E-state index in [0.29, 0.717) is 5.75 Å². The Morgan fingerprint density at radius 1 is 1.08 bits per heavy atom. The van der Waals surface area contributed by atoms with Crippen molar-refractivity contribution in [1.82, 2.24) is 0 Å². The number of methoxy groups -OCH3 is 1. The number of ether oxygens (including phenoxy) is 1. The molecule has 0 bridgehead atoms. The summed E-state index contributed by atoms with van der Waals surface area (Å²) in [5, 5.41) is 0. The molecule has 0 aromatic heterocycles. The zero-order chi connectivity index (χ0) is 9.19. The molecular weight excluding hydrogens is 180 g/mol. The van der Waals surface area contributed by atoms with Crippen molar-refractivity contribution in [2.45, 2.75) is 4.90 Å². The Bertz CT molecular complexity index is 251. The fourth-order valence-electron chi connectivity index (χ4n) is 0.758. The third-order valence-electron chi connectivity index (χ3n) is 1.38. The van der Waals surface area contributed by atoms with Gasteiger partial charge in [-0.05, 0) is 24.3 Å². The highest BCUT2D eigenvalue weighted by Gasteiger charge is 2.14. The van der Waals surface area contributed by atoms with Gasteiger partial charge in [-0.25, -0.2) is 0 Å². The molecule has 4 nitrogen and oxygen atoms in total. The maximum Gasteiger partial charge on any atom is 0.118 e. The molecule has 5 heteroatoms. The van der Waals surface area contributed by atoms with Crippen molar-refractivity contribution >= 4 is 10.9 Å². The molecule has 0 saturated heterocycles. The van der Waals surface area contributed by atoms with Crippen LogP contribution in [0.4, 0.5) is 0 Å². The minimum absolute atomic E-state index is 0.0864. The summed E-state index contributed by atoms with van der Waals surface area (Å²) in [5.41, 5.74) is 0. The molecule has 3 N–H and O–H groups in total. The lowest BCUT2D eigenvalue weighted by Gasteiger charge is -2.18. The first-order valence-corrected chi connectivity index (χ1v) is 4.69. The lowest BCUT2D eigenvalue weighted by molar-refractivity contribution is 0.375. The first-order chi connectivity index (χ1) is 5.54. The molecule has 0 aliphatic rings. The maximum atomic E-state index is 8.81. The Morgan fingerprint density at radius 3 is 1.92 bits per heavy atom. The fourth-order valence-corrected chi connectivity index (χ4v) is 1.26. The molecule has 12 heavy (non-hydrogen) atoms. The second-order valence-corrected chi connectivity index (χ2v) is 3.70. The SMILES string of the molecule is COc1ccc(S(O)(O)O)cc1. The Labute approximate surface area is 72.0 Å². The van der Waals surface area contributed by atoms with Crippen LogP contribution in [0, 0.1) is 0 Å². The Balaban J connectivity index is 2.93. The van der Waals surface area contributed by atoms with E-state index in [9.17, 15) is 0 Å². The third kappa shape index (κ3) is 2.12. The minimum Gasteiger partial charge on any atom is -0.497 e. The van der Waals surface area contributed by atoms with Gasteiger partial charge in [0.2, 0.25) is 0 Å². The van der Waals surface area contributed by atoms with Gasteiger partial charge in [-0.2, -0.15) is 0 Å². The van der Waals surface area contributed by atoms with Crippen LogP contribution in [-0.4, -0.2) is 20.8 Å². The number of benzene rings is 1. The molecule has 0 unspecified atom stereocenters. The van der Waals surface area contributed by atoms with E-state index in [0.717, 1.165) is 0 Å². The van der Waals surface area contributed by atoms with E-state index in [-0.39, 0.29) is 4.90 Å². The molecule has 68 valence electrons. The standard InChI is InChI=1S/C7H10O4S/c1-11-6-2-4-7(5-3-6)12(8,9)10/h2-5,8-10H,1H3. The molecule has 1 aromatic rings. The summed E-state index contributed by atoms with van der Waals surface area (Å²) in [6.07, 6.45) is 0. The molecule has 0 radical (unpaired) electrons. The van der Waals surface area contributed by atoms with E-state index in [4.69, 9.17) is 18.4 Å². The molecule has 1 aromatic carbocycles. The van der Waals surface area contributed by atoms with E-state index in [2.05, 4.69) is 0 Å². The van der Waals surface area contributed by atoms with Gasteiger partial charge >= 0.3 is 0 Å². The predicted octanol–water partition coefficient (Wildman–Crippen LogP) is 2.28. The van der Waals surface area contributed by atoms with Gasteiger partial charge in [0.25, 0.3) is 0 Å². The number of rotatable bonds is 2. The molecule has 0 atom stereocenters. The van der Waals surface area contributed by atoms with Crippen molar-refractivity contribution in [3.8, 4) is 5.75 Å². The van der Waals surface area contributed by atoms with Gasteiger partial charge in [-0.3, -0.25) is 0 Å². The van der Waals surface area contributed by atoms with Gasteiger partial charge in [0.05, 0.1) is 12.0 Å². The molecule has 0 aliphatic heterocycles. The summed E-state index contributed by atoms with van der Waals surface area (Å²) in [7, 11) is -2.08. The molecular formula is C7H10O4S. The summed E-state index contributed by atoms with van der Waals surface area (Å²) in [6.45, 7) is 0. The Morgan fingerprint density at radius 2 is 1.58 bits per heavy atom. The second kappa shape index (κ2) is 3.32. The maximum absolute atomic E-state index is 8.81. The van der Waals surface area contributed by atoms with Crippen molar-refractivity contribution in [2.75, 3.05) is 7.11 Å². The summed E-state index contributed by atoms with van der Waals surface area (Å²) >= 11 is 0. The zero-order valence-corrected chi connectivity index (χ0v) is 7.28. The summed E-state index contributed by atoms with van der Waals surface area (Å²) in [6, 6.07) is 5.88. The van der Waals surface area contributed by atoms with Gasteiger partial charge in [-0.1, -0.05) is 0 Å². The topological polar surface area (TPSA) is 69.9 Å². The first kappa shape index (κ1) is 9.34. The smallest absolute Gasteiger partial charge is 0.118 e. The molecule has 1 rings (SSSR count). The lowest BCUT2D eigenvalue weighted by atomic mass is 10.3. The van der Waals surface area contributed by atoms with Crippen LogP contribution in [0.1, 0.15) is 0 Å². The first-order valence-electron chi connectivity index (χ1n) is 3.19. The normalized spacial score (nSPS) is 12.7. The van der Waals surface area contributed by atoms with Crippen LogP contribution in [-0.2, 0) is 0 Å². The van der Waals surface area contributed by atoms with Crippen LogP contribution in [0.25, 0.3) is 0 Å². The van der Waals surface area contributed by atoms with E-state index in [1.165, 1.54) is 19.2 Å². The van der Waals surface area contributed by atoms with Gasteiger partial charge in [-0.15, -0.1) is 0 Å². The fraction of sp³-hybridized carbons (Fsp3) is 0.143. The Kier molecular flexibility index (Phi) is 2.58. The van der Waals surface area contributed by atoms with E-state index >= 15 is 0 Å². The monoisotopic (exact) mass is 190 g/mol. The molecule has 0 heterocycles. The van der Waals surface area contributed by atoms with Gasteiger partial charge in [0, 0.05) is 0 Å². The van der Waals surface area contributed by atoms with Crippen LogP contribution < -0.4 is 4.74 Å². The average Bonchev–Trinajstić information content (AvgIpc) is 2.03. The van der Waals surface area contributed by atoms with Crippen LogP contribution >= 0.6 is 10.9 Å².